The number of amides is 1. The summed E-state index contributed by atoms with van der Waals surface area (Å²) in [5.74, 6) is 0.813. The van der Waals surface area contributed by atoms with Crippen molar-refractivity contribution in [2.24, 2.45) is 5.73 Å². The summed E-state index contributed by atoms with van der Waals surface area (Å²) in [6.45, 7) is 5.06. The Labute approximate surface area is 115 Å². The Morgan fingerprint density at radius 3 is 2.84 bits per heavy atom. The fourth-order valence-corrected chi connectivity index (χ4v) is 1.83. The molecule has 0 aliphatic carbocycles. The molecular formula is C15H24N2O2. The van der Waals surface area contributed by atoms with Crippen molar-refractivity contribution in [2.45, 2.75) is 32.7 Å². The summed E-state index contributed by atoms with van der Waals surface area (Å²) in [5.41, 5.74) is 6.96. The second kappa shape index (κ2) is 7.79. The SMILES string of the molecule is CCC[C@@H](N)C(=O)N(C)CCOc1cccc(C)c1. The Morgan fingerprint density at radius 1 is 1.47 bits per heavy atom. The van der Waals surface area contributed by atoms with Gasteiger partial charge in [-0.2, -0.15) is 0 Å². The largest absolute Gasteiger partial charge is 0.492 e. The highest BCUT2D eigenvalue weighted by molar-refractivity contribution is 5.81. The number of aryl methyl sites for hydroxylation is 1. The maximum Gasteiger partial charge on any atom is 0.239 e. The first kappa shape index (κ1) is 15.5. The fraction of sp³-hybridized carbons (Fsp3) is 0.533. The first-order valence-electron chi connectivity index (χ1n) is 6.74. The third-order valence-corrected chi connectivity index (χ3v) is 2.98. The maximum absolute atomic E-state index is 11.9. The van der Waals surface area contributed by atoms with Gasteiger partial charge in [-0.05, 0) is 31.0 Å². The number of ether oxygens (including phenoxy) is 1. The smallest absolute Gasteiger partial charge is 0.239 e. The van der Waals surface area contributed by atoms with E-state index in [4.69, 9.17) is 10.5 Å². The third-order valence-electron chi connectivity index (χ3n) is 2.98. The summed E-state index contributed by atoms with van der Waals surface area (Å²) in [7, 11) is 1.76. The Balaban J connectivity index is 2.34. The first-order chi connectivity index (χ1) is 9.04. The average Bonchev–Trinajstić information content (AvgIpc) is 2.38. The lowest BCUT2D eigenvalue weighted by atomic mass is 10.1. The Kier molecular flexibility index (Phi) is 6.36. The molecule has 0 unspecified atom stereocenters. The van der Waals surface area contributed by atoms with Crippen LogP contribution in [0.3, 0.4) is 0 Å². The van der Waals surface area contributed by atoms with Crippen LogP contribution in [0.4, 0.5) is 0 Å². The van der Waals surface area contributed by atoms with Crippen molar-refractivity contribution in [3.8, 4) is 5.75 Å². The molecule has 106 valence electrons. The number of carbonyl (C=O) groups is 1. The molecule has 0 saturated carbocycles. The van der Waals surface area contributed by atoms with Crippen molar-refractivity contribution in [2.75, 3.05) is 20.2 Å². The predicted molar refractivity (Wildman–Crippen MR) is 77.2 cm³/mol. The number of nitrogens with zero attached hydrogens (tertiary/aromatic N) is 1. The van der Waals surface area contributed by atoms with E-state index in [0.717, 1.165) is 24.2 Å². The summed E-state index contributed by atoms with van der Waals surface area (Å²) < 4.78 is 5.61. The molecule has 1 atom stereocenters. The minimum absolute atomic E-state index is 0.0188. The number of benzene rings is 1. The molecule has 4 heteroatoms. The van der Waals surface area contributed by atoms with Crippen LogP contribution in [0, 0.1) is 6.92 Å². The van der Waals surface area contributed by atoms with E-state index in [-0.39, 0.29) is 5.91 Å². The first-order valence-corrected chi connectivity index (χ1v) is 6.74. The van der Waals surface area contributed by atoms with E-state index in [1.54, 1.807) is 11.9 Å². The molecule has 0 saturated heterocycles. The van der Waals surface area contributed by atoms with Gasteiger partial charge in [-0.15, -0.1) is 0 Å². The lowest BCUT2D eigenvalue weighted by Gasteiger charge is -2.21. The van der Waals surface area contributed by atoms with Crippen molar-refractivity contribution in [1.29, 1.82) is 0 Å². The van der Waals surface area contributed by atoms with Crippen LogP contribution < -0.4 is 10.5 Å². The molecule has 0 aliphatic rings. The Bertz CT molecular complexity index is 407. The molecule has 19 heavy (non-hydrogen) atoms. The van der Waals surface area contributed by atoms with E-state index in [1.165, 1.54) is 0 Å². The summed E-state index contributed by atoms with van der Waals surface area (Å²) >= 11 is 0. The summed E-state index contributed by atoms with van der Waals surface area (Å²) in [4.78, 5) is 13.5. The number of rotatable bonds is 7. The average molecular weight is 264 g/mol. The van der Waals surface area contributed by atoms with Gasteiger partial charge >= 0.3 is 0 Å². The van der Waals surface area contributed by atoms with Gasteiger partial charge in [0, 0.05) is 7.05 Å². The molecule has 1 aromatic rings. The van der Waals surface area contributed by atoms with Gasteiger partial charge in [0.05, 0.1) is 12.6 Å². The molecule has 0 fully saturated rings. The second-order valence-corrected chi connectivity index (χ2v) is 4.82. The zero-order valence-corrected chi connectivity index (χ0v) is 12.1. The van der Waals surface area contributed by atoms with E-state index < -0.39 is 6.04 Å². The van der Waals surface area contributed by atoms with Crippen molar-refractivity contribution < 1.29 is 9.53 Å². The van der Waals surface area contributed by atoms with Gasteiger partial charge in [0.15, 0.2) is 0 Å². The molecule has 0 spiro atoms. The van der Waals surface area contributed by atoms with Crippen LogP contribution in [0.15, 0.2) is 24.3 Å². The zero-order valence-electron chi connectivity index (χ0n) is 12.1. The Hall–Kier alpha value is -1.55. The van der Waals surface area contributed by atoms with Crippen LogP contribution in [0.1, 0.15) is 25.3 Å². The van der Waals surface area contributed by atoms with Crippen LogP contribution in [-0.2, 0) is 4.79 Å². The standard InChI is InChI=1S/C15H24N2O2/c1-4-6-14(16)15(18)17(3)9-10-19-13-8-5-7-12(2)11-13/h5,7-8,11,14H,4,6,9-10,16H2,1-3H3/t14-/m1/s1. The molecule has 4 nitrogen and oxygen atoms in total. The minimum Gasteiger partial charge on any atom is -0.492 e. The molecular weight excluding hydrogens is 240 g/mol. The molecule has 1 rings (SSSR count). The van der Waals surface area contributed by atoms with Crippen LogP contribution in [0.25, 0.3) is 0 Å². The zero-order chi connectivity index (χ0) is 14.3. The highest BCUT2D eigenvalue weighted by Gasteiger charge is 2.16. The molecule has 1 amide bonds. The topological polar surface area (TPSA) is 55.6 Å². The van der Waals surface area contributed by atoms with Gasteiger partial charge < -0.3 is 15.4 Å². The van der Waals surface area contributed by atoms with E-state index in [9.17, 15) is 4.79 Å². The van der Waals surface area contributed by atoms with E-state index in [2.05, 4.69) is 0 Å². The lowest BCUT2D eigenvalue weighted by Crippen LogP contribution is -2.43. The fourth-order valence-electron chi connectivity index (χ4n) is 1.83. The molecule has 0 aromatic heterocycles. The summed E-state index contributed by atoms with van der Waals surface area (Å²) in [6, 6.07) is 7.47. The second-order valence-electron chi connectivity index (χ2n) is 4.82. The molecule has 2 N–H and O–H groups in total. The van der Waals surface area contributed by atoms with Gasteiger partial charge in [0.2, 0.25) is 5.91 Å². The quantitative estimate of drug-likeness (QED) is 0.819. The van der Waals surface area contributed by atoms with Crippen LogP contribution in [0.2, 0.25) is 0 Å². The molecule has 1 aromatic carbocycles. The van der Waals surface area contributed by atoms with E-state index in [0.29, 0.717) is 13.2 Å². The van der Waals surface area contributed by atoms with Crippen LogP contribution in [-0.4, -0.2) is 37.0 Å². The molecule has 0 bridgehead atoms. The van der Waals surface area contributed by atoms with E-state index >= 15 is 0 Å². The van der Waals surface area contributed by atoms with Gasteiger partial charge in [-0.25, -0.2) is 0 Å². The van der Waals surface area contributed by atoms with Crippen LogP contribution >= 0.6 is 0 Å². The predicted octanol–water partition coefficient (Wildman–Crippen LogP) is 1.96. The number of carbonyl (C=O) groups excluding carboxylic acids is 1. The highest BCUT2D eigenvalue weighted by atomic mass is 16.5. The lowest BCUT2D eigenvalue weighted by molar-refractivity contribution is -0.131. The normalized spacial score (nSPS) is 12.0. The number of likely N-dealkylation sites (N-methyl/N-ethyl adjacent to an activating group) is 1. The van der Waals surface area contributed by atoms with Crippen molar-refractivity contribution in [3.63, 3.8) is 0 Å². The summed E-state index contributed by atoms with van der Waals surface area (Å²) in [5, 5.41) is 0. The van der Waals surface area contributed by atoms with Gasteiger partial charge in [0.25, 0.3) is 0 Å². The van der Waals surface area contributed by atoms with Crippen molar-refractivity contribution in [3.05, 3.63) is 29.8 Å². The third kappa shape index (κ3) is 5.30. The van der Waals surface area contributed by atoms with Gasteiger partial charge in [-0.3, -0.25) is 4.79 Å². The number of hydrogen-bond donors (Lipinski definition) is 1. The minimum atomic E-state index is -0.394. The molecule has 0 aliphatic heterocycles. The number of nitrogens with two attached hydrogens (primary N) is 1. The maximum atomic E-state index is 11.9. The molecule has 0 radical (unpaired) electrons. The highest BCUT2D eigenvalue weighted by Crippen LogP contribution is 2.12. The summed E-state index contributed by atoms with van der Waals surface area (Å²) in [6.07, 6.45) is 1.64. The van der Waals surface area contributed by atoms with E-state index in [1.807, 2.05) is 38.1 Å². The molecule has 0 heterocycles. The van der Waals surface area contributed by atoms with Gasteiger partial charge in [0.1, 0.15) is 12.4 Å². The number of hydrogen-bond acceptors (Lipinski definition) is 3. The van der Waals surface area contributed by atoms with Crippen molar-refractivity contribution in [1.82, 2.24) is 4.90 Å². The van der Waals surface area contributed by atoms with Crippen molar-refractivity contribution >= 4 is 5.91 Å². The van der Waals surface area contributed by atoms with Gasteiger partial charge in [-0.1, -0.05) is 25.5 Å². The monoisotopic (exact) mass is 264 g/mol. The Morgan fingerprint density at radius 2 is 2.21 bits per heavy atom. The van der Waals surface area contributed by atoms with Crippen LogP contribution in [0.5, 0.6) is 5.75 Å².